The number of nitrogens with zero attached hydrogens (tertiary/aromatic N) is 2. The molecule has 0 bridgehead atoms. The van der Waals surface area contributed by atoms with Crippen LogP contribution in [-0.4, -0.2) is 9.13 Å². The first kappa shape index (κ1) is 9.57. The lowest BCUT2D eigenvalue weighted by atomic mass is 10.0. The molecule has 2 nitrogen and oxygen atoms in total. The standard InChI is InChI=1S/C42H28N2/c1-3-13-29(14-4-1)31-17-11-19-33(27-31)43-39-23-9-7-21-35(39)37-25-26-38-36-22-8-10-24-40(36)44(42(38)41(37)43)34-20-12-18-32(28-34)30-15-5-2-6-16-30/h1-28H/i1D,2D,3D,4D,5D,6D,7D,8D,9D,10D,11D,12D,13D,14D,15D,16D,17D,18D,19D,20D,21D,22D,23D,24D,25D,26D,27D,28D. The average molecular weight is 589 g/mol. The van der Waals surface area contributed by atoms with Crippen molar-refractivity contribution in [3.63, 3.8) is 0 Å². The zero-order valence-electron chi connectivity index (χ0n) is 49.9. The molecule has 0 spiro atoms. The minimum atomic E-state index is -1.08. The summed E-state index contributed by atoms with van der Waals surface area (Å²) < 4.78 is 252. The van der Waals surface area contributed by atoms with Crippen LogP contribution in [-0.2, 0) is 0 Å². The second kappa shape index (κ2) is 9.86. The van der Waals surface area contributed by atoms with Crippen LogP contribution in [0.2, 0.25) is 0 Å². The summed E-state index contributed by atoms with van der Waals surface area (Å²) in [5, 5.41) is -2.50. The molecule has 0 aliphatic carbocycles. The molecule has 0 amide bonds. The Bertz CT molecular complexity index is 3760. The van der Waals surface area contributed by atoms with Gasteiger partial charge in [-0.05, 0) is 58.5 Å². The molecule has 7 aromatic carbocycles. The zero-order valence-corrected chi connectivity index (χ0v) is 21.9. The smallest absolute Gasteiger partial charge is 0.0788 e. The van der Waals surface area contributed by atoms with Crippen molar-refractivity contribution in [2.75, 3.05) is 0 Å². The highest BCUT2D eigenvalue weighted by molar-refractivity contribution is 6.23. The van der Waals surface area contributed by atoms with Crippen LogP contribution in [0.1, 0.15) is 38.4 Å². The van der Waals surface area contributed by atoms with Crippen molar-refractivity contribution in [2.45, 2.75) is 0 Å². The van der Waals surface area contributed by atoms with Crippen molar-refractivity contribution in [1.82, 2.24) is 9.13 Å². The van der Waals surface area contributed by atoms with Crippen molar-refractivity contribution in [1.29, 1.82) is 0 Å². The molecular formula is C42H28N2. The minimum Gasteiger partial charge on any atom is -0.307 e. The highest BCUT2D eigenvalue weighted by atomic mass is 15.0. The fraction of sp³-hybridized carbons (Fsp3) is 0. The van der Waals surface area contributed by atoms with Crippen molar-refractivity contribution >= 4 is 43.6 Å². The lowest BCUT2D eigenvalue weighted by molar-refractivity contribution is 1.15. The molecule has 0 radical (unpaired) electrons. The quantitative estimate of drug-likeness (QED) is 0.193. The number of benzene rings is 7. The summed E-state index contributed by atoms with van der Waals surface area (Å²) in [5.41, 5.74) is -7.97. The van der Waals surface area contributed by atoms with E-state index in [1.165, 1.54) is 0 Å². The highest BCUT2D eigenvalue weighted by Crippen LogP contribution is 2.42. The van der Waals surface area contributed by atoms with Crippen molar-refractivity contribution in [3.05, 3.63) is 169 Å². The largest absolute Gasteiger partial charge is 0.307 e. The number of rotatable bonds is 4. The Hall–Kier alpha value is -5.86. The monoisotopic (exact) mass is 588 g/mol. The Morgan fingerprint density at radius 3 is 1.16 bits per heavy atom. The molecule has 0 aliphatic rings. The summed E-state index contributed by atoms with van der Waals surface area (Å²) in [4.78, 5) is 0. The SMILES string of the molecule is [2H]c1c([2H])c([2H])c(-c2c([2H])c([2H])c([2H])c(-n3c4c([2H])c([2H])c([2H])c([2H])c4c4c([2H])c([2H])c5c6c([2H])c([2H])c([2H])c([2H])c6n(-c6c([2H])c([2H])c([2H])c(-c7c([2H])c([2H])c([2H])c([2H])c7[2H])c6[2H])c5c43)c2[2H])c([2H])c1[2H]. The number of hydrogen-bond donors (Lipinski definition) is 0. The van der Waals surface area contributed by atoms with Gasteiger partial charge in [-0.2, -0.15) is 0 Å². The average Bonchev–Trinajstić information content (AvgIpc) is 3.88. The van der Waals surface area contributed by atoms with Gasteiger partial charge in [0.05, 0.1) is 60.4 Å². The van der Waals surface area contributed by atoms with Crippen LogP contribution in [0.3, 0.4) is 0 Å². The van der Waals surface area contributed by atoms with Gasteiger partial charge < -0.3 is 9.13 Å². The van der Waals surface area contributed by atoms with E-state index >= 15 is 0 Å². The van der Waals surface area contributed by atoms with E-state index < -0.39 is 246 Å². The second-order valence-corrected chi connectivity index (χ2v) is 9.26. The number of para-hydroxylation sites is 2. The van der Waals surface area contributed by atoms with Crippen LogP contribution in [0.15, 0.2) is 169 Å². The van der Waals surface area contributed by atoms with Gasteiger partial charge in [0, 0.05) is 32.9 Å². The van der Waals surface area contributed by atoms with Gasteiger partial charge in [-0.25, -0.2) is 0 Å². The molecule has 2 heterocycles. The summed E-state index contributed by atoms with van der Waals surface area (Å²) in [6.07, 6.45) is 0. The van der Waals surface area contributed by atoms with E-state index in [0.717, 1.165) is 9.13 Å². The molecular weight excluding hydrogens is 532 g/mol. The fourth-order valence-corrected chi connectivity index (χ4v) is 5.15. The predicted octanol–water partition coefficient (Wildman–Crippen LogP) is 11.2. The Morgan fingerprint density at radius 2 is 0.705 bits per heavy atom. The molecule has 0 aliphatic heterocycles. The van der Waals surface area contributed by atoms with Gasteiger partial charge in [-0.3, -0.25) is 0 Å². The lowest BCUT2D eigenvalue weighted by Gasteiger charge is -2.14. The van der Waals surface area contributed by atoms with Crippen LogP contribution < -0.4 is 0 Å². The highest BCUT2D eigenvalue weighted by Gasteiger charge is 2.21. The number of hydrogen-bond acceptors (Lipinski definition) is 0. The maximum atomic E-state index is 9.73. The summed E-state index contributed by atoms with van der Waals surface area (Å²) >= 11 is 0. The summed E-state index contributed by atoms with van der Waals surface area (Å²) in [7, 11) is 0. The Kier molecular flexibility index (Phi) is 2.14. The van der Waals surface area contributed by atoms with Gasteiger partial charge in [0.15, 0.2) is 0 Å². The number of fused-ring (bicyclic) bond motifs is 7. The Morgan fingerprint density at radius 1 is 0.318 bits per heavy atom. The van der Waals surface area contributed by atoms with Crippen LogP contribution in [0.4, 0.5) is 0 Å². The molecule has 0 fully saturated rings. The molecule has 44 heavy (non-hydrogen) atoms. The fourth-order valence-electron chi connectivity index (χ4n) is 5.15. The van der Waals surface area contributed by atoms with E-state index in [0.29, 0.717) is 0 Å². The molecule has 9 rings (SSSR count). The summed E-state index contributed by atoms with van der Waals surface area (Å²) in [5.74, 6) is 0. The van der Waals surface area contributed by atoms with Crippen LogP contribution >= 0.6 is 0 Å². The van der Waals surface area contributed by atoms with E-state index in [9.17, 15) is 13.7 Å². The van der Waals surface area contributed by atoms with Gasteiger partial charge in [-0.15, -0.1) is 0 Å². The topological polar surface area (TPSA) is 9.86 Å². The molecule has 206 valence electrons. The molecule has 0 N–H and O–H groups in total. The zero-order chi connectivity index (χ0) is 53.4. The molecule has 9 aromatic rings. The van der Waals surface area contributed by atoms with Crippen LogP contribution in [0.5, 0.6) is 0 Å². The molecule has 0 saturated carbocycles. The van der Waals surface area contributed by atoms with Crippen molar-refractivity contribution in [3.8, 4) is 33.6 Å². The third-order valence-electron chi connectivity index (χ3n) is 6.91. The molecule has 0 atom stereocenters. The number of aromatic nitrogens is 2. The molecule has 2 heteroatoms. The minimum absolute atomic E-state index is 0.614. The first-order valence-corrected chi connectivity index (χ1v) is 12.8. The van der Waals surface area contributed by atoms with Crippen LogP contribution in [0, 0.1) is 0 Å². The van der Waals surface area contributed by atoms with Gasteiger partial charge in [0.25, 0.3) is 0 Å². The van der Waals surface area contributed by atoms with E-state index in [4.69, 9.17) is 24.7 Å². The van der Waals surface area contributed by atoms with E-state index in [1.54, 1.807) is 0 Å². The normalized spacial score (nSPS) is 20.5. The van der Waals surface area contributed by atoms with Crippen LogP contribution in [0.25, 0.3) is 77.2 Å². The predicted molar refractivity (Wildman–Crippen MR) is 186 cm³/mol. The molecule has 0 unspecified atom stereocenters. The van der Waals surface area contributed by atoms with E-state index in [2.05, 4.69) is 0 Å². The van der Waals surface area contributed by atoms with E-state index in [-0.39, 0.29) is 0 Å². The van der Waals surface area contributed by atoms with Gasteiger partial charge in [-0.1, -0.05) is 133 Å². The van der Waals surface area contributed by atoms with Gasteiger partial charge in [0.2, 0.25) is 0 Å². The maximum absolute atomic E-state index is 9.73. The van der Waals surface area contributed by atoms with Crippen molar-refractivity contribution in [2.24, 2.45) is 0 Å². The lowest BCUT2D eigenvalue weighted by Crippen LogP contribution is -1.99. The Balaban J connectivity index is 1.69. The summed E-state index contributed by atoms with van der Waals surface area (Å²) in [6.45, 7) is 0. The van der Waals surface area contributed by atoms with E-state index in [1.807, 2.05) is 0 Å². The first-order chi connectivity index (χ1) is 33.5. The molecule has 0 saturated heterocycles. The summed E-state index contributed by atoms with van der Waals surface area (Å²) in [6, 6.07) is -27.1. The maximum Gasteiger partial charge on any atom is 0.0788 e. The second-order valence-electron chi connectivity index (χ2n) is 9.26. The Labute approximate surface area is 295 Å². The van der Waals surface area contributed by atoms with Gasteiger partial charge in [0.1, 0.15) is 0 Å². The van der Waals surface area contributed by atoms with Gasteiger partial charge >= 0.3 is 0 Å². The molecule has 2 aromatic heterocycles. The van der Waals surface area contributed by atoms with Crippen molar-refractivity contribution < 1.29 is 38.4 Å². The third kappa shape index (κ3) is 3.75. The third-order valence-corrected chi connectivity index (χ3v) is 6.91. The first-order valence-electron chi connectivity index (χ1n) is 26.8.